The van der Waals surface area contributed by atoms with E-state index in [1.807, 2.05) is 4.90 Å². The number of quaternary nitrogens is 1. The molecule has 1 saturated carbocycles. The van der Waals surface area contributed by atoms with E-state index in [4.69, 9.17) is 0 Å². The van der Waals surface area contributed by atoms with E-state index in [1.54, 1.807) is 0 Å². The van der Waals surface area contributed by atoms with Crippen LogP contribution in [0.1, 0.15) is 37.7 Å². The van der Waals surface area contributed by atoms with Gasteiger partial charge in [-0.1, -0.05) is 55.3 Å². The summed E-state index contributed by atoms with van der Waals surface area (Å²) >= 11 is 0. The van der Waals surface area contributed by atoms with Crippen molar-refractivity contribution < 1.29 is 17.3 Å². The van der Waals surface area contributed by atoms with Crippen molar-refractivity contribution in [2.45, 2.75) is 38.6 Å². The largest absolute Gasteiger partial charge is 1.00 e. The average molecular weight is 316 g/mol. The molecular weight excluding hydrogens is 290 g/mol. The molecule has 0 amide bonds. The Labute approximate surface area is 140 Å². The first-order chi connectivity index (χ1) is 10.4. The predicted molar refractivity (Wildman–Crippen MR) is 88.4 cm³/mol. The first-order valence-corrected chi connectivity index (χ1v) is 8.70. The Morgan fingerprint density at radius 3 is 2.55 bits per heavy atom. The van der Waals surface area contributed by atoms with Crippen LogP contribution in [-0.2, 0) is 6.54 Å². The standard InChI is InChI=1S/C20H25N.ClH/c1-2-8-18-14-21(13-12-16(18)6-1)15-19-10-5-9-17-7-3-4-11-20(17)19;/h3-5,7,9-11,16,18H,1-2,6,8,12-15H2;1H. The number of piperidine rings is 1. The fourth-order valence-electron chi connectivity index (χ4n) is 4.67. The van der Waals surface area contributed by atoms with Crippen LogP contribution in [0.2, 0.25) is 0 Å². The van der Waals surface area contributed by atoms with Gasteiger partial charge in [-0.05, 0) is 36.0 Å². The van der Waals surface area contributed by atoms with Gasteiger partial charge in [0.2, 0.25) is 0 Å². The lowest BCUT2D eigenvalue weighted by atomic mass is 9.75. The minimum absolute atomic E-state index is 0. The number of rotatable bonds is 2. The minimum atomic E-state index is 0. The van der Waals surface area contributed by atoms with Crippen LogP contribution in [0.3, 0.4) is 0 Å². The molecule has 1 aliphatic carbocycles. The van der Waals surface area contributed by atoms with Crippen molar-refractivity contribution in [2.75, 3.05) is 13.1 Å². The summed E-state index contributed by atoms with van der Waals surface area (Å²) in [6, 6.07) is 15.6. The molecule has 1 aliphatic heterocycles. The third-order valence-corrected chi connectivity index (χ3v) is 5.81. The van der Waals surface area contributed by atoms with Crippen LogP contribution in [0.25, 0.3) is 10.8 Å². The van der Waals surface area contributed by atoms with Gasteiger partial charge in [0.1, 0.15) is 6.54 Å². The molecule has 2 heteroatoms. The normalized spacial score (nSPS) is 27.9. The minimum Gasteiger partial charge on any atom is -1.00 e. The Bertz CT molecular complexity index is 619. The van der Waals surface area contributed by atoms with Gasteiger partial charge in [0.15, 0.2) is 0 Å². The van der Waals surface area contributed by atoms with Crippen LogP contribution in [-0.4, -0.2) is 13.1 Å². The highest BCUT2D eigenvalue weighted by molar-refractivity contribution is 5.85. The molecule has 4 rings (SSSR count). The van der Waals surface area contributed by atoms with E-state index in [0.29, 0.717) is 0 Å². The second-order valence-electron chi connectivity index (χ2n) is 7.11. The molecule has 2 aromatic rings. The van der Waals surface area contributed by atoms with Crippen LogP contribution in [0, 0.1) is 11.8 Å². The zero-order valence-corrected chi connectivity index (χ0v) is 14.0. The second kappa shape index (κ2) is 7.02. The monoisotopic (exact) mass is 315 g/mol. The molecule has 118 valence electrons. The number of nitrogens with one attached hydrogen (secondary N) is 1. The van der Waals surface area contributed by atoms with E-state index in [0.717, 1.165) is 11.8 Å². The summed E-state index contributed by atoms with van der Waals surface area (Å²) in [5.41, 5.74) is 1.54. The molecule has 2 aliphatic rings. The van der Waals surface area contributed by atoms with Crippen molar-refractivity contribution >= 4 is 10.8 Å². The third kappa shape index (κ3) is 3.16. The molecule has 1 saturated heterocycles. The van der Waals surface area contributed by atoms with Gasteiger partial charge >= 0.3 is 0 Å². The number of benzene rings is 2. The lowest BCUT2D eigenvalue weighted by molar-refractivity contribution is -0.924. The van der Waals surface area contributed by atoms with Gasteiger partial charge in [0, 0.05) is 11.5 Å². The van der Waals surface area contributed by atoms with Gasteiger partial charge in [-0.2, -0.15) is 0 Å². The van der Waals surface area contributed by atoms with Gasteiger partial charge < -0.3 is 17.3 Å². The molecule has 22 heavy (non-hydrogen) atoms. The first kappa shape index (κ1) is 15.8. The Kier molecular flexibility index (Phi) is 5.05. The van der Waals surface area contributed by atoms with Gasteiger partial charge in [-0.15, -0.1) is 0 Å². The summed E-state index contributed by atoms with van der Waals surface area (Å²) in [6.07, 6.45) is 7.42. The van der Waals surface area contributed by atoms with Crippen LogP contribution in [0.4, 0.5) is 0 Å². The molecule has 2 fully saturated rings. The van der Waals surface area contributed by atoms with Crippen molar-refractivity contribution in [1.82, 2.24) is 0 Å². The SMILES string of the molecule is [Cl-].c1ccc2c(C[NH+]3CCC4CCCCC4C3)cccc2c1. The maximum absolute atomic E-state index is 2.34. The predicted octanol–water partition coefficient (Wildman–Crippen LogP) is 0.439. The first-order valence-electron chi connectivity index (χ1n) is 8.70. The number of likely N-dealkylation sites (tertiary alicyclic amines) is 1. The van der Waals surface area contributed by atoms with E-state index in [2.05, 4.69) is 42.5 Å². The van der Waals surface area contributed by atoms with Crippen molar-refractivity contribution in [3.8, 4) is 0 Å². The quantitative estimate of drug-likeness (QED) is 0.820. The lowest BCUT2D eigenvalue weighted by Crippen LogP contribution is -3.12. The molecule has 1 N–H and O–H groups in total. The van der Waals surface area contributed by atoms with E-state index in [-0.39, 0.29) is 12.4 Å². The highest BCUT2D eigenvalue weighted by Crippen LogP contribution is 2.32. The number of hydrogen-bond acceptors (Lipinski definition) is 0. The molecule has 0 aromatic heterocycles. The van der Waals surface area contributed by atoms with Gasteiger partial charge in [-0.25, -0.2) is 0 Å². The number of fused-ring (bicyclic) bond motifs is 2. The summed E-state index contributed by atoms with van der Waals surface area (Å²) in [6.45, 7) is 4.00. The third-order valence-electron chi connectivity index (χ3n) is 5.81. The van der Waals surface area contributed by atoms with E-state index in [1.165, 1.54) is 68.1 Å². The van der Waals surface area contributed by atoms with Crippen molar-refractivity contribution in [3.05, 3.63) is 48.0 Å². The van der Waals surface area contributed by atoms with Crippen LogP contribution >= 0.6 is 0 Å². The van der Waals surface area contributed by atoms with E-state index >= 15 is 0 Å². The highest BCUT2D eigenvalue weighted by Gasteiger charge is 2.33. The summed E-state index contributed by atoms with van der Waals surface area (Å²) in [7, 11) is 0. The molecule has 1 heterocycles. The molecule has 3 atom stereocenters. The highest BCUT2D eigenvalue weighted by atomic mass is 35.5. The Balaban J connectivity index is 0.00000144. The number of hydrogen-bond donors (Lipinski definition) is 1. The zero-order chi connectivity index (χ0) is 14.1. The van der Waals surface area contributed by atoms with Gasteiger partial charge in [0.25, 0.3) is 0 Å². The van der Waals surface area contributed by atoms with Crippen LogP contribution in [0.15, 0.2) is 42.5 Å². The van der Waals surface area contributed by atoms with E-state index in [9.17, 15) is 0 Å². The fraction of sp³-hybridized carbons (Fsp3) is 0.500. The smallest absolute Gasteiger partial charge is 0.103 e. The average Bonchev–Trinajstić information content (AvgIpc) is 2.55. The molecule has 2 aromatic carbocycles. The Morgan fingerprint density at radius 2 is 1.64 bits per heavy atom. The molecule has 3 unspecified atom stereocenters. The summed E-state index contributed by atoms with van der Waals surface area (Å²) < 4.78 is 0. The second-order valence-corrected chi connectivity index (χ2v) is 7.11. The zero-order valence-electron chi connectivity index (χ0n) is 13.2. The maximum atomic E-state index is 2.34. The number of halogens is 1. The molecule has 1 nitrogen and oxygen atoms in total. The van der Waals surface area contributed by atoms with E-state index < -0.39 is 0 Å². The molecule has 0 spiro atoms. The van der Waals surface area contributed by atoms with Crippen LogP contribution < -0.4 is 17.3 Å². The van der Waals surface area contributed by atoms with Crippen molar-refractivity contribution in [3.63, 3.8) is 0 Å². The maximum Gasteiger partial charge on any atom is 0.103 e. The lowest BCUT2D eigenvalue weighted by Gasteiger charge is -2.39. The summed E-state index contributed by atoms with van der Waals surface area (Å²) in [5, 5.41) is 2.85. The summed E-state index contributed by atoms with van der Waals surface area (Å²) in [5.74, 6) is 2.06. The molecule has 0 bridgehead atoms. The topological polar surface area (TPSA) is 4.44 Å². The molecular formula is C20H26ClN. The Morgan fingerprint density at radius 1 is 0.864 bits per heavy atom. The van der Waals surface area contributed by atoms with Gasteiger partial charge in [0.05, 0.1) is 13.1 Å². The van der Waals surface area contributed by atoms with Crippen molar-refractivity contribution in [1.29, 1.82) is 0 Å². The summed E-state index contributed by atoms with van der Waals surface area (Å²) in [4.78, 5) is 1.81. The van der Waals surface area contributed by atoms with Gasteiger partial charge in [-0.3, -0.25) is 0 Å². The van der Waals surface area contributed by atoms with Crippen molar-refractivity contribution in [2.24, 2.45) is 11.8 Å². The Hall–Kier alpha value is -1.05. The molecule has 0 radical (unpaired) electrons. The fourth-order valence-corrected chi connectivity index (χ4v) is 4.67. The van der Waals surface area contributed by atoms with Crippen LogP contribution in [0.5, 0.6) is 0 Å².